The van der Waals surface area contributed by atoms with Crippen LogP contribution in [0.5, 0.6) is 5.75 Å². The largest absolute Gasteiger partial charge is 0.492 e. The van der Waals surface area contributed by atoms with Gasteiger partial charge in [0.1, 0.15) is 12.4 Å². The zero-order valence-corrected chi connectivity index (χ0v) is 22.1. The minimum atomic E-state index is -4.10. The van der Waals surface area contributed by atoms with Gasteiger partial charge in [-0.1, -0.05) is 80.6 Å². The zero-order valence-electron chi connectivity index (χ0n) is 21.3. The number of rotatable bonds is 11. The summed E-state index contributed by atoms with van der Waals surface area (Å²) in [5, 5.41) is 13.1. The van der Waals surface area contributed by atoms with Crippen LogP contribution in [-0.4, -0.2) is 44.6 Å². The van der Waals surface area contributed by atoms with Gasteiger partial charge >= 0.3 is 0 Å². The summed E-state index contributed by atoms with van der Waals surface area (Å²) in [7, 11) is -4.10. The standard InChI is InChI=1S/C30H33N3O3S/c1-3-33(4-2)19-20-36-25-17-18-28(32-22-23-11-6-5-7-12-23)27(21-25)30(31)37(34,35)29-16-10-14-24-13-8-9-15-26(24)29/h5-18,21,31-32H,3-4,19-20,22H2,1-2H3. The number of anilines is 1. The molecule has 4 aromatic carbocycles. The van der Waals surface area contributed by atoms with E-state index in [1.54, 1.807) is 30.3 Å². The minimum absolute atomic E-state index is 0.123. The van der Waals surface area contributed by atoms with E-state index in [0.29, 0.717) is 30.0 Å². The van der Waals surface area contributed by atoms with Crippen molar-refractivity contribution in [2.75, 3.05) is 31.6 Å². The van der Waals surface area contributed by atoms with Gasteiger partial charge in [0.15, 0.2) is 5.04 Å². The van der Waals surface area contributed by atoms with Crippen LogP contribution in [0, 0.1) is 5.41 Å². The van der Waals surface area contributed by atoms with E-state index in [4.69, 9.17) is 10.1 Å². The summed E-state index contributed by atoms with van der Waals surface area (Å²) in [6.07, 6.45) is 0. The maximum Gasteiger partial charge on any atom is 0.224 e. The molecule has 0 aromatic heterocycles. The Balaban J connectivity index is 1.68. The van der Waals surface area contributed by atoms with Crippen LogP contribution in [0.2, 0.25) is 0 Å². The molecule has 0 amide bonds. The number of likely N-dealkylation sites (N-methyl/N-ethyl adjacent to an activating group) is 1. The van der Waals surface area contributed by atoms with Gasteiger partial charge in [0.05, 0.1) is 4.90 Å². The van der Waals surface area contributed by atoms with Crippen LogP contribution in [0.25, 0.3) is 10.8 Å². The Morgan fingerprint density at radius 2 is 1.59 bits per heavy atom. The maximum absolute atomic E-state index is 13.8. The third-order valence-corrected chi connectivity index (χ3v) is 8.13. The van der Waals surface area contributed by atoms with Crippen molar-refractivity contribution in [3.8, 4) is 5.75 Å². The summed E-state index contributed by atoms with van der Waals surface area (Å²) < 4.78 is 33.5. The van der Waals surface area contributed by atoms with Crippen LogP contribution in [0.1, 0.15) is 25.0 Å². The van der Waals surface area contributed by atoms with Gasteiger partial charge in [0.25, 0.3) is 0 Å². The Morgan fingerprint density at radius 1 is 0.892 bits per heavy atom. The summed E-state index contributed by atoms with van der Waals surface area (Å²) in [4.78, 5) is 2.38. The molecule has 0 atom stereocenters. The third kappa shape index (κ3) is 6.18. The molecular weight excluding hydrogens is 482 g/mol. The molecular formula is C30H33N3O3S. The number of fused-ring (bicyclic) bond motifs is 1. The summed E-state index contributed by atoms with van der Waals surface area (Å²) in [6.45, 7) is 7.81. The van der Waals surface area contributed by atoms with E-state index in [1.807, 2.05) is 60.7 Å². The van der Waals surface area contributed by atoms with Gasteiger partial charge in [-0.05, 0) is 48.3 Å². The highest BCUT2D eigenvalue weighted by atomic mass is 32.2. The second-order valence-corrected chi connectivity index (χ2v) is 10.6. The van der Waals surface area contributed by atoms with E-state index < -0.39 is 14.9 Å². The number of nitrogens with one attached hydrogen (secondary N) is 2. The number of ether oxygens (including phenoxy) is 1. The summed E-state index contributed by atoms with van der Waals surface area (Å²) in [5.74, 6) is 0.533. The first kappa shape index (κ1) is 26.4. The first-order chi connectivity index (χ1) is 17.9. The molecule has 192 valence electrons. The number of hydrogen-bond donors (Lipinski definition) is 2. The van der Waals surface area contributed by atoms with Crippen molar-refractivity contribution < 1.29 is 13.2 Å². The topological polar surface area (TPSA) is 82.5 Å². The molecule has 0 unspecified atom stereocenters. The fourth-order valence-electron chi connectivity index (χ4n) is 4.27. The molecule has 37 heavy (non-hydrogen) atoms. The Bertz CT molecular complexity index is 1460. The lowest BCUT2D eigenvalue weighted by Crippen LogP contribution is -2.28. The monoisotopic (exact) mass is 515 g/mol. The molecule has 7 heteroatoms. The molecule has 6 nitrogen and oxygen atoms in total. The second kappa shape index (κ2) is 12.0. The second-order valence-electron chi connectivity index (χ2n) is 8.73. The number of nitrogens with zero attached hydrogens (tertiary/aromatic N) is 1. The summed E-state index contributed by atoms with van der Waals surface area (Å²) >= 11 is 0. The fourth-order valence-corrected chi connectivity index (χ4v) is 5.68. The van der Waals surface area contributed by atoms with E-state index in [9.17, 15) is 8.42 Å². The zero-order chi connectivity index (χ0) is 26.3. The van der Waals surface area contributed by atoms with E-state index in [1.165, 1.54) is 0 Å². The predicted molar refractivity (Wildman–Crippen MR) is 151 cm³/mol. The van der Waals surface area contributed by atoms with Crippen LogP contribution in [0.15, 0.2) is 95.9 Å². The van der Waals surface area contributed by atoms with E-state index in [0.717, 1.165) is 30.6 Å². The molecule has 0 spiro atoms. The number of hydrogen-bond acceptors (Lipinski definition) is 6. The molecule has 0 aliphatic rings. The van der Waals surface area contributed by atoms with E-state index in [2.05, 4.69) is 24.1 Å². The highest BCUT2D eigenvalue weighted by Gasteiger charge is 2.27. The quantitative estimate of drug-likeness (QED) is 0.190. The lowest BCUT2D eigenvalue weighted by Gasteiger charge is -2.19. The van der Waals surface area contributed by atoms with Gasteiger partial charge in [-0.2, -0.15) is 0 Å². The van der Waals surface area contributed by atoms with Gasteiger partial charge < -0.3 is 15.0 Å². The van der Waals surface area contributed by atoms with Crippen molar-refractivity contribution in [3.63, 3.8) is 0 Å². The molecule has 4 rings (SSSR count). The molecule has 0 fully saturated rings. The van der Waals surface area contributed by atoms with Gasteiger partial charge in [0.2, 0.25) is 9.84 Å². The van der Waals surface area contributed by atoms with Crippen molar-refractivity contribution in [3.05, 3.63) is 102 Å². The average molecular weight is 516 g/mol. The Hall–Kier alpha value is -3.68. The number of benzene rings is 4. The third-order valence-electron chi connectivity index (χ3n) is 6.44. The molecule has 4 aromatic rings. The van der Waals surface area contributed by atoms with Crippen molar-refractivity contribution in [2.45, 2.75) is 25.3 Å². The normalized spacial score (nSPS) is 11.5. The van der Waals surface area contributed by atoms with Crippen LogP contribution < -0.4 is 10.1 Å². The molecule has 0 bridgehead atoms. The van der Waals surface area contributed by atoms with Gasteiger partial charge in [0, 0.05) is 29.7 Å². The summed E-state index contributed by atoms with van der Waals surface area (Å²) in [5.41, 5.74) is 1.90. The average Bonchev–Trinajstić information content (AvgIpc) is 2.94. The first-order valence-electron chi connectivity index (χ1n) is 12.5. The van der Waals surface area contributed by atoms with Gasteiger partial charge in [-0.25, -0.2) is 8.42 Å². The molecule has 0 saturated heterocycles. The lowest BCUT2D eigenvalue weighted by atomic mass is 10.1. The Morgan fingerprint density at radius 3 is 2.35 bits per heavy atom. The van der Waals surface area contributed by atoms with E-state index in [-0.39, 0.29) is 10.5 Å². The Labute approximate surface area is 219 Å². The van der Waals surface area contributed by atoms with E-state index >= 15 is 0 Å². The molecule has 0 aliphatic heterocycles. The maximum atomic E-state index is 13.8. The predicted octanol–water partition coefficient (Wildman–Crippen LogP) is 5.97. The smallest absolute Gasteiger partial charge is 0.224 e. The SMILES string of the molecule is CCN(CC)CCOc1ccc(NCc2ccccc2)c(C(=N)S(=O)(=O)c2cccc3ccccc23)c1. The number of sulfone groups is 1. The van der Waals surface area contributed by atoms with Crippen molar-refractivity contribution in [2.24, 2.45) is 0 Å². The van der Waals surface area contributed by atoms with Crippen molar-refractivity contribution in [1.82, 2.24) is 4.90 Å². The van der Waals surface area contributed by atoms with Gasteiger partial charge in [-0.15, -0.1) is 0 Å². The molecule has 0 saturated carbocycles. The molecule has 0 heterocycles. The van der Waals surface area contributed by atoms with Crippen LogP contribution in [-0.2, 0) is 16.4 Å². The highest BCUT2D eigenvalue weighted by Crippen LogP contribution is 2.30. The lowest BCUT2D eigenvalue weighted by molar-refractivity contribution is 0.223. The fraction of sp³-hybridized carbons (Fsp3) is 0.233. The van der Waals surface area contributed by atoms with Crippen molar-refractivity contribution >= 4 is 31.3 Å². The Kier molecular flexibility index (Phi) is 8.58. The van der Waals surface area contributed by atoms with Crippen LogP contribution in [0.3, 0.4) is 0 Å². The molecule has 0 aliphatic carbocycles. The minimum Gasteiger partial charge on any atom is -0.492 e. The van der Waals surface area contributed by atoms with Crippen molar-refractivity contribution in [1.29, 1.82) is 5.41 Å². The summed E-state index contributed by atoms with van der Waals surface area (Å²) in [6, 6.07) is 27.6. The molecule has 2 N–H and O–H groups in total. The van der Waals surface area contributed by atoms with Gasteiger partial charge in [-0.3, -0.25) is 5.41 Å². The van der Waals surface area contributed by atoms with Crippen LogP contribution in [0.4, 0.5) is 5.69 Å². The van der Waals surface area contributed by atoms with Crippen LogP contribution >= 0.6 is 0 Å². The first-order valence-corrected chi connectivity index (χ1v) is 14.0. The highest BCUT2D eigenvalue weighted by molar-refractivity contribution is 8.07. The molecule has 0 radical (unpaired) electrons.